The predicted molar refractivity (Wildman–Crippen MR) is 86.1 cm³/mol. The van der Waals surface area contributed by atoms with Crippen molar-refractivity contribution >= 4 is 11.8 Å². The number of carbonyl (C=O) groups is 2. The van der Waals surface area contributed by atoms with Crippen molar-refractivity contribution in [3.63, 3.8) is 0 Å². The minimum atomic E-state index is -0.321. The monoisotopic (exact) mass is 310 g/mol. The molecular formula is C18H18N2O3. The molecule has 5 heteroatoms. The Balaban J connectivity index is 1.61. The van der Waals surface area contributed by atoms with E-state index >= 15 is 0 Å². The summed E-state index contributed by atoms with van der Waals surface area (Å²) < 4.78 is 0. The first-order valence-electron chi connectivity index (χ1n) is 7.55. The van der Waals surface area contributed by atoms with Crippen LogP contribution < -0.4 is 15.6 Å². The van der Waals surface area contributed by atoms with Crippen molar-refractivity contribution in [2.45, 2.75) is 19.3 Å². The van der Waals surface area contributed by atoms with Gasteiger partial charge >= 0.3 is 0 Å². The van der Waals surface area contributed by atoms with Crippen LogP contribution in [-0.4, -0.2) is 18.4 Å². The molecule has 0 bridgehead atoms. The standard InChI is InChI=1S/C18H18N2O3/c1-12-6-8-13(9-7-12)17(21)19-11-10-15-14-4-2-3-5-16(14)23-20-18(15)22/h2-9,15H,10-11H2,1H3,(H,19,21)(H,20,22). The van der Waals surface area contributed by atoms with Crippen LogP contribution >= 0.6 is 0 Å². The first-order chi connectivity index (χ1) is 11.1. The molecule has 2 aromatic carbocycles. The van der Waals surface area contributed by atoms with Crippen LogP contribution in [0.15, 0.2) is 48.5 Å². The second kappa shape index (κ2) is 6.52. The van der Waals surface area contributed by atoms with E-state index in [1.165, 1.54) is 0 Å². The lowest BCUT2D eigenvalue weighted by Gasteiger charge is -2.24. The van der Waals surface area contributed by atoms with Crippen LogP contribution in [-0.2, 0) is 4.79 Å². The Morgan fingerprint density at radius 1 is 1.17 bits per heavy atom. The topological polar surface area (TPSA) is 67.4 Å². The Morgan fingerprint density at radius 2 is 1.91 bits per heavy atom. The Kier molecular flexibility index (Phi) is 4.28. The molecule has 2 N–H and O–H groups in total. The maximum atomic E-state index is 12.1. The Morgan fingerprint density at radius 3 is 2.70 bits per heavy atom. The number of para-hydroxylation sites is 1. The van der Waals surface area contributed by atoms with Gasteiger partial charge in [-0.25, -0.2) is 0 Å². The predicted octanol–water partition coefficient (Wildman–Crippen LogP) is 2.32. The third-order valence-corrected chi connectivity index (χ3v) is 3.90. The van der Waals surface area contributed by atoms with Crippen molar-refractivity contribution in [2.75, 3.05) is 6.54 Å². The largest absolute Gasteiger partial charge is 0.379 e. The molecule has 0 saturated heterocycles. The van der Waals surface area contributed by atoms with E-state index in [2.05, 4.69) is 10.8 Å². The van der Waals surface area contributed by atoms with Gasteiger partial charge in [0, 0.05) is 17.7 Å². The SMILES string of the molecule is Cc1ccc(C(=O)NCCC2C(=O)NOc3ccccc32)cc1. The van der Waals surface area contributed by atoms with E-state index in [0.717, 1.165) is 11.1 Å². The Hall–Kier alpha value is -2.82. The van der Waals surface area contributed by atoms with Gasteiger partial charge in [-0.3, -0.25) is 9.59 Å². The molecule has 5 nitrogen and oxygen atoms in total. The van der Waals surface area contributed by atoms with Crippen LogP contribution in [0.2, 0.25) is 0 Å². The minimum absolute atomic E-state index is 0.134. The summed E-state index contributed by atoms with van der Waals surface area (Å²) in [5.41, 5.74) is 4.99. The molecule has 1 aliphatic heterocycles. The van der Waals surface area contributed by atoms with E-state index < -0.39 is 0 Å². The summed E-state index contributed by atoms with van der Waals surface area (Å²) in [5, 5.41) is 2.86. The number of hydrogen-bond donors (Lipinski definition) is 2. The third kappa shape index (κ3) is 3.34. The van der Waals surface area contributed by atoms with Crippen molar-refractivity contribution in [1.29, 1.82) is 0 Å². The van der Waals surface area contributed by atoms with E-state index in [9.17, 15) is 9.59 Å². The molecule has 118 valence electrons. The van der Waals surface area contributed by atoms with Crippen LogP contribution in [0.25, 0.3) is 0 Å². The van der Waals surface area contributed by atoms with E-state index in [1.54, 1.807) is 12.1 Å². The highest BCUT2D eigenvalue weighted by Crippen LogP contribution is 2.31. The first kappa shape index (κ1) is 15.1. The summed E-state index contributed by atoms with van der Waals surface area (Å²) in [7, 11) is 0. The van der Waals surface area contributed by atoms with Gasteiger partial charge in [-0.2, -0.15) is 5.48 Å². The second-order valence-electron chi connectivity index (χ2n) is 5.57. The summed E-state index contributed by atoms with van der Waals surface area (Å²) in [6.45, 7) is 2.39. The second-order valence-corrected chi connectivity index (χ2v) is 5.57. The van der Waals surface area contributed by atoms with Gasteiger partial charge in [-0.15, -0.1) is 0 Å². The molecule has 0 radical (unpaired) electrons. The molecule has 0 saturated carbocycles. The fraction of sp³-hybridized carbons (Fsp3) is 0.222. The van der Waals surface area contributed by atoms with E-state index in [0.29, 0.717) is 24.3 Å². The van der Waals surface area contributed by atoms with Crippen molar-refractivity contribution in [3.8, 4) is 5.75 Å². The number of hydrogen-bond acceptors (Lipinski definition) is 3. The lowest BCUT2D eigenvalue weighted by atomic mass is 9.93. The summed E-state index contributed by atoms with van der Waals surface area (Å²) in [5.74, 6) is 0.0132. The molecule has 23 heavy (non-hydrogen) atoms. The Labute approximate surface area is 134 Å². The van der Waals surface area contributed by atoms with Gasteiger partial charge in [0.05, 0.1) is 5.92 Å². The number of amides is 2. The zero-order valence-corrected chi connectivity index (χ0v) is 12.8. The Bertz CT molecular complexity index is 725. The molecule has 1 atom stereocenters. The maximum Gasteiger partial charge on any atom is 0.260 e. The van der Waals surface area contributed by atoms with Crippen molar-refractivity contribution in [1.82, 2.24) is 10.8 Å². The van der Waals surface area contributed by atoms with E-state index in [1.807, 2.05) is 43.3 Å². The van der Waals surface area contributed by atoms with Crippen molar-refractivity contribution in [3.05, 3.63) is 65.2 Å². The summed E-state index contributed by atoms with van der Waals surface area (Å²) in [6.07, 6.45) is 0.518. The van der Waals surface area contributed by atoms with Crippen LogP contribution in [0.5, 0.6) is 5.75 Å². The molecule has 1 aliphatic rings. The molecule has 0 spiro atoms. The number of carbonyl (C=O) groups excluding carboxylic acids is 2. The fourth-order valence-electron chi connectivity index (χ4n) is 2.60. The smallest absolute Gasteiger partial charge is 0.260 e. The lowest BCUT2D eigenvalue weighted by Crippen LogP contribution is -2.38. The zero-order chi connectivity index (χ0) is 16.2. The normalized spacial score (nSPS) is 16.0. The number of aryl methyl sites for hydroxylation is 1. The van der Waals surface area contributed by atoms with Gasteiger partial charge in [-0.05, 0) is 31.5 Å². The molecule has 0 aliphatic carbocycles. The van der Waals surface area contributed by atoms with Crippen LogP contribution in [0.4, 0.5) is 0 Å². The molecule has 0 fully saturated rings. The van der Waals surface area contributed by atoms with E-state index in [-0.39, 0.29) is 17.7 Å². The minimum Gasteiger partial charge on any atom is -0.379 e. The van der Waals surface area contributed by atoms with Gasteiger partial charge in [0.1, 0.15) is 0 Å². The van der Waals surface area contributed by atoms with Gasteiger partial charge in [0.2, 0.25) is 0 Å². The first-order valence-corrected chi connectivity index (χ1v) is 7.55. The molecule has 0 aromatic heterocycles. The molecule has 2 aromatic rings. The maximum absolute atomic E-state index is 12.1. The van der Waals surface area contributed by atoms with Gasteiger partial charge in [-0.1, -0.05) is 35.9 Å². The average Bonchev–Trinajstić information content (AvgIpc) is 2.57. The highest BCUT2D eigenvalue weighted by atomic mass is 16.7. The summed E-state index contributed by atoms with van der Waals surface area (Å²) >= 11 is 0. The van der Waals surface area contributed by atoms with Gasteiger partial charge < -0.3 is 10.2 Å². The van der Waals surface area contributed by atoms with Crippen molar-refractivity contribution < 1.29 is 14.4 Å². The molecule has 3 rings (SSSR count). The summed E-state index contributed by atoms with van der Waals surface area (Å²) in [4.78, 5) is 29.3. The third-order valence-electron chi connectivity index (χ3n) is 3.90. The highest BCUT2D eigenvalue weighted by molar-refractivity contribution is 5.94. The van der Waals surface area contributed by atoms with Gasteiger partial charge in [0.25, 0.3) is 11.8 Å². The van der Waals surface area contributed by atoms with Crippen LogP contribution in [0.3, 0.4) is 0 Å². The van der Waals surface area contributed by atoms with E-state index in [4.69, 9.17) is 4.84 Å². The number of hydroxylamine groups is 1. The molecule has 1 heterocycles. The quantitative estimate of drug-likeness (QED) is 0.910. The average molecular weight is 310 g/mol. The molecule has 1 unspecified atom stereocenters. The van der Waals surface area contributed by atoms with Crippen LogP contribution in [0, 0.1) is 6.92 Å². The number of fused-ring (bicyclic) bond motifs is 1. The zero-order valence-electron chi connectivity index (χ0n) is 12.8. The number of rotatable bonds is 4. The lowest BCUT2D eigenvalue weighted by molar-refractivity contribution is -0.131. The van der Waals surface area contributed by atoms with Gasteiger partial charge in [0.15, 0.2) is 5.75 Å². The highest BCUT2D eigenvalue weighted by Gasteiger charge is 2.28. The van der Waals surface area contributed by atoms with Crippen LogP contribution in [0.1, 0.15) is 33.8 Å². The number of benzene rings is 2. The summed E-state index contributed by atoms with van der Waals surface area (Å²) in [6, 6.07) is 14.8. The number of nitrogens with one attached hydrogen (secondary N) is 2. The van der Waals surface area contributed by atoms with Crippen molar-refractivity contribution in [2.24, 2.45) is 0 Å². The fourth-order valence-corrected chi connectivity index (χ4v) is 2.60. The molecular weight excluding hydrogens is 292 g/mol. The molecule has 2 amide bonds.